The van der Waals surface area contributed by atoms with E-state index < -0.39 is 0 Å². The molecule has 6 heteroatoms. The predicted molar refractivity (Wildman–Crippen MR) is 113 cm³/mol. The molecule has 146 valence electrons. The van der Waals surface area contributed by atoms with Crippen LogP contribution in [0, 0.1) is 0 Å². The lowest BCUT2D eigenvalue weighted by atomic mass is 10.1. The van der Waals surface area contributed by atoms with Gasteiger partial charge >= 0.3 is 0 Å². The van der Waals surface area contributed by atoms with Gasteiger partial charge < -0.3 is 10.6 Å². The Morgan fingerprint density at radius 1 is 1.14 bits per heavy atom. The first-order valence-electron chi connectivity index (χ1n) is 9.28. The normalized spacial score (nSPS) is 12.0. The van der Waals surface area contributed by atoms with E-state index in [-0.39, 0.29) is 11.9 Å². The van der Waals surface area contributed by atoms with Crippen molar-refractivity contribution in [1.29, 1.82) is 0 Å². The molecule has 1 atom stereocenters. The van der Waals surface area contributed by atoms with Crippen LogP contribution in [0.3, 0.4) is 0 Å². The third-order valence-electron chi connectivity index (χ3n) is 4.50. The van der Waals surface area contributed by atoms with E-state index in [2.05, 4.69) is 0 Å². The van der Waals surface area contributed by atoms with Crippen LogP contribution >= 0.6 is 11.6 Å². The molecule has 1 amide bonds. The van der Waals surface area contributed by atoms with Gasteiger partial charge in [-0.05, 0) is 18.6 Å². The van der Waals surface area contributed by atoms with Crippen LogP contribution in [-0.2, 0) is 17.9 Å². The zero-order valence-electron chi connectivity index (χ0n) is 16.2. The van der Waals surface area contributed by atoms with E-state index in [1.54, 1.807) is 11.9 Å². The van der Waals surface area contributed by atoms with Crippen molar-refractivity contribution in [3.8, 4) is 11.3 Å². The summed E-state index contributed by atoms with van der Waals surface area (Å²) in [4.78, 5) is 14.1. The van der Waals surface area contributed by atoms with Gasteiger partial charge in [-0.2, -0.15) is 5.10 Å². The highest BCUT2D eigenvalue weighted by Gasteiger charge is 2.17. The maximum absolute atomic E-state index is 12.3. The fraction of sp³-hybridized carbons (Fsp3) is 0.273. The maximum Gasteiger partial charge on any atom is 0.224 e. The van der Waals surface area contributed by atoms with Crippen LogP contribution in [0.5, 0.6) is 0 Å². The lowest BCUT2D eigenvalue weighted by Crippen LogP contribution is -2.31. The van der Waals surface area contributed by atoms with Crippen LogP contribution in [0.15, 0.2) is 60.8 Å². The van der Waals surface area contributed by atoms with Gasteiger partial charge in [0, 0.05) is 48.4 Å². The molecule has 0 aliphatic carbocycles. The molecular formula is C22H25ClN4O. The summed E-state index contributed by atoms with van der Waals surface area (Å²) in [6.45, 7) is 2.87. The standard InChI is InChI=1S/C22H25ClN4O/c1-16(24)12-21(28)26(2)13-19-15-27(14-18-10-6-7-11-20(18)23)25-22(19)17-8-4-3-5-9-17/h3-11,15-16H,12-14,24H2,1-2H3. The van der Waals surface area contributed by atoms with E-state index in [4.69, 9.17) is 22.4 Å². The number of hydrogen-bond donors (Lipinski definition) is 1. The molecule has 3 aromatic rings. The Kier molecular flexibility index (Phi) is 6.49. The SMILES string of the molecule is CC(N)CC(=O)N(C)Cc1cn(Cc2ccccc2Cl)nc1-c1ccccc1. The van der Waals surface area contributed by atoms with Gasteiger partial charge in [-0.1, -0.05) is 60.1 Å². The summed E-state index contributed by atoms with van der Waals surface area (Å²) in [6, 6.07) is 17.6. The molecule has 5 nitrogen and oxygen atoms in total. The smallest absolute Gasteiger partial charge is 0.224 e. The minimum absolute atomic E-state index is 0.0212. The summed E-state index contributed by atoms with van der Waals surface area (Å²) >= 11 is 6.31. The number of nitrogens with two attached hydrogens (primary N) is 1. The predicted octanol–water partition coefficient (Wildman–Crippen LogP) is 3.95. The number of carbonyl (C=O) groups is 1. The number of carbonyl (C=O) groups excluding carboxylic acids is 1. The van der Waals surface area contributed by atoms with Crippen LogP contribution < -0.4 is 5.73 Å². The van der Waals surface area contributed by atoms with Crippen LogP contribution in [-0.4, -0.2) is 33.7 Å². The summed E-state index contributed by atoms with van der Waals surface area (Å²) in [5, 5.41) is 5.50. The van der Waals surface area contributed by atoms with E-state index in [0.29, 0.717) is 24.5 Å². The fourth-order valence-corrected chi connectivity index (χ4v) is 3.27. The summed E-state index contributed by atoms with van der Waals surface area (Å²) in [5.41, 5.74) is 9.64. The zero-order valence-corrected chi connectivity index (χ0v) is 16.9. The summed E-state index contributed by atoms with van der Waals surface area (Å²) in [6.07, 6.45) is 2.31. The molecule has 0 saturated heterocycles. The van der Waals surface area contributed by atoms with Gasteiger partial charge in [0.1, 0.15) is 0 Å². The molecular weight excluding hydrogens is 372 g/mol. The van der Waals surface area contributed by atoms with Crippen LogP contribution in [0.1, 0.15) is 24.5 Å². The van der Waals surface area contributed by atoms with Crippen molar-refractivity contribution >= 4 is 17.5 Å². The third kappa shape index (κ3) is 5.00. The van der Waals surface area contributed by atoms with Crippen molar-refractivity contribution in [1.82, 2.24) is 14.7 Å². The molecule has 2 N–H and O–H groups in total. The molecule has 0 radical (unpaired) electrons. The number of halogens is 1. The highest BCUT2D eigenvalue weighted by atomic mass is 35.5. The Hall–Kier alpha value is -2.63. The van der Waals surface area contributed by atoms with Crippen molar-refractivity contribution in [2.24, 2.45) is 5.73 Å². The molecule has 1 aromatic heterocycles. The molecule has 3 rings (SSSR count). The van der Waals surface area contributed by atoms with Crippen LogP contribution in [0.2, 0.25) is 5.02 Å². The average Bonchev–Trinajstić information content (AvgIpc) is 3.06. The molecule has 0 aliphatic rings. The second-order valence-electron chi connectivity index (χ2n) is 7.09. The second-order valence-corrected chi connectivity index (χ2v) is 7.50. The number of benzene rings is 2. The Morgan fingerprint density at radius 3 is 2.50 bits per heavy atom. The van der Waals surface area contributed by atoms with E-state index in [1.807, 2.05) is 72.4 Å². The molecule has 0 spiro atoms. The summed E-state index contributed by atoms with van der Waals surface area (Å²) in [5.74, 6) is 0.0212. The summed E-state index contributed by atoms with van der Waals surface area (Å²) in [7, 11) is 1.80. The van der Waals surface area contributed by atoms with Gasteiger partial charge in [-0.15, -0.1) is 0 Å². The monoisotopic (exact) mass is 396 g/mol. The minimum Gasteiger partial charge on any atom is -0.341 e. The van der Waals surface area contributed by atoms with Crippen LogP contribution in [0.4, 0.5) is 0 Å². The molecule has 28 heavy (non-hydrogen) atoms. The van der Waals surface area contributed by atoms with E-state index in [1.165, 1.54) is 0 Å². The maximum atomic E-state index is 12.3. The number of rotatable bonds is 7. The first-order chi connectivity index (χ1) is 13.4. The van der Waals surface area contributed by atoms with Gasteiger partial charge in [-0.25, -0.2) is 0 Å². The van der Waals surface area contributed by atoms with Gasteiger partial charge in [-0.3, -0.25) is 9.48 Å². The summed E-state index contributed by atoms with van der Waals surface area (Å²) < 4.78 is 1.88. The first kappa shape index (κ1) is 20.1. The van der Waals surface area contributed by atoms with Gasteiger partial charge in [0.15, 0.2) is 0 Å². The molecule has 0 saturated carbocycles. The Morgan fingerprint density at radius 2 is 1.82 bits per heavy atom. The van der Waals surface area contributed by atoms with E-state index >= 15 is 0 Å². The van der Waals surface area contributed by atoms with Crippen LogP contribution in [0.25, 0.3) is 11.3 Å². The van der Waals surface area contributed by atoms with Crippen molar-refractivity contribution in [3.05, 3.63) is 76.9 Å². The Labute approximate surface area is 170 Å². The first-order valence-corrected chi connectivity index (χ1v) is 9.66. The lowest BCUT2D eigenvalue weighted by molar-refractivity contribution is -0.130. The zero-order chi connectivity index (χ0) is 20.1. The number of amides is 1. The minimum atomic E-state index is -0.161. The molecule has 0 bridgehead atoms. The van der Waals surface area contributed by atoms with E-state index in [0.717, 1.165) is 22.4 Å². The number of hydrogen-bond acceptors (Lipinski definition) is 3. The van der Waals surface area contributed by atoms with Gasteiger partial charge in [0.25, 0.3) is 0 Å². The average molecular weight is 397 g/mol. The Bertz CT molecular complexity index is 937. The second kappa shape index (κ2) is 9.04. The van der Waals surface area contributed by atoms with Crippen molar-refractivity contribution in [2.75, 3.05) is 7.05 Å². The highest BCUT2D eigenvalue weighted by molar-refractivity contribution is 6.31. The molecule has 1 heterocycles. The van der Waals surface area contributed by atoms with E-state index in [9.17, 15) is 4.79 Å². The highest BCUT2D eigenvalue weighted by Crippen LogP contribution is 2.24. The fourth-order valence-electron chi connectivity index (χ4n) is 3.07. The van der Waals surface area contributed by atoms with Crippen molar-refractivity contribution in [2.45, 2.75) is 32.5 Å². The quantitative estimate of drug-likeness (QED) is 0.657. The largest absolute Gasteiger partial charge is 0.341 e. The molecule has 2 aromatic carbocycles. The number of nitrogens with zero attached hydrogens (tertiary/aromatic N) is 3. The molecule has 1 unspecified atom stereocenters. The van der Waals surface area contributed by atoms with Crippen molar-refractivity contribution in [3.63, 3.8) is 0 Å². The van der Waals surface area contributed by atoms with Gasteiger partial charge in [0.2, 0.25) is 5.91 Å². The van der Waals surface area contributed by atoms with Crippen molar-refractivity contribution < 1.29 is 4.79 Å². The Balaban J connectivity index is 1.90. The number of aromatic nitrogens is 2. The topological polar surface area (TPSA) is 64.2 Å². The van der Waals surface area contributed by atoms with Gasteiger partial charge in [0.05, 0.1) is 12.2 Å². The molecule has 0 fully saturated rings. The lowest BCUT2D eigenvalue weighted by Gasteiger charge is -2.18. The third-order valence-corrected chi connectivity index (χ3v) is 4.87. The molecule has 0 aliphatic heterocycles.